The van der Waals surface area contributed by atoms with Gasteiger partial charge in [-0.05, 0) is 17.1 Å². The molecule has 0 unspecified atom stereocenters. The maximum absolute atomic E-state index is 14.0. The lowest BCUT2D eigenvalue weighted by atomic mass is 9.94. The molecule has 4 rings (SSSR count). The fraction of sp³-hybridized carbons (Fsp3) is 0.0625. The van der Waals surface area contributed by atoms with E-state index in [1.165, 1.54) is 13.3 Å². The molecule has 3 N–H and O–H groups in total. The van der Waals surface area contributed by atoms with Crippen LogP contribution in [0.5, 0.6) is 6.01 Å². The number of Topliss-reactive ketones (excluding diaryl/α,β-unsaturated/α-hetero) is 1. The average molecular weight is 342 g/mol. The van der Waals surface area contributed by atoms with Crippen molar-refractivity contribution in [3.63, 3.8) is 0 Å². The van der Waals surface area contributed by atoms with Gasteiger partial charge >= 0.3 is 5.84 Å². The van der Waals surface area contributed by atoms with Crippen LogP contribution in [0.15, 0.2) is 35.0 Å². The molecule has 9 heteroatoms. The van der Waals surface area contributed by atoms with Crippen LogP contribution in [0, 0.1) is 11.6 Å². The Morgan fingerprint density at radius 1 is 1.36 bits per heavy atom. The number of hydrogen-bond acceptors (Lipinski definition) is 5. The van der Waals surface area contributed by atoms with E-state index in [1.54, 1.807) is 6.08 Å². The first-order chi connectivity index (χ1) is 12.0. The van der Waals surface area contributed by atoms with Gasteiger partial charge in [0.05, 0.1) is 19.0 Å². The fourth-order valence-corrected chi connectivity index (χ4v) is 2.52. The quantitative estimate of drug-likeness (QED) is 0.487. The van der Waals surface area contributed by atoms with Gasteiger partial charge in [-0.1, -0.05) is 0 Å². The smallest absolute Gasteiger partial charge is 0.428 e. The molecule has 0 bridgehead atoms. The summed E-state index contributed by atoms with van der Waals surface area (Å²) < 4.78 is 37.1. The van der Waals surface area contributed by atoms with E-state index in [0.717, 1.165) is 12.1 Å². The zero-order valence-electron chi connectivity index (χ0n) is 12.8. The van der Waals surface area contributed by atoms with Crippen molar-refractivity contribution in [1.82, 2.24) is 14.6 Å². The van der Waals surface area contributed by atoms with E-state index in [2.05, 4.69) is 19.6 Å². The van der Waals surface area contributed by atoms with Crippen LogP contribution < -0.4 is 15.1 Å². The summed E-state index contributed by atoms with van der Waals surface area (Å²) in [6.45, 7) is 0. The minimum absolute atomic E-state index is 0.0661. The van der Waals surface area contributed by atoms with Gasteiger partial charge in [-0.15, -0.1) is 0 Å². The number of H-pyrrole nitrogens is 1. The average Bonchev–Trinajstić information content (AvgIpc) is 3.17. The second kappa shape index (κ2) is 5.22. The standard InChI is InChI=1S/C16H9F2N5O2/c1-25-16-20-5-10(22-16)9-4-6-13(23-15(6)21-9)14(24)11-7(17)2-3-8(19)12(11)18/h2-5H,19H2,1H3/p+1. The van der Waals surface area contributed by atoms with E-state index in [0.29, 0.717) is 28.8 Å². The first kappa shape index (κ1) is 15.0. The van der Waals surface area contributed by atoms with Crippen molar-refractivity contribution in [1.29, 1.82) is 0 Å². The van der Waals surface area contributed by atoms with Gasteiger partial charge < -0.3 is 15.5 Å². The number of aliphatic imine (C=N–C) groups is 1. The SMILES string of the molecule is COc1ncc(C2=[N+]=C3N=C(C(=O)c4c(F)ccc(N)c4F)C3=C2)[nH]1. The summed E-state index contributed by atoms with van der Waals surface area (Å²) in [5.74, 6) is -2.65. The van der Waals surface area contributed by atoms with Crippen LogP contribution >= 0.6 is 0 Å². The number of aromatic amines is 1. The molecule has 124 valence electrons. The van der Waals surface area contributed by atoms with Gasteiger partial charge in [-0.2, -0.15) is 4.67 Å². The van der Waals surface area contributed by atoms with E-state index in [9.17, 15) is 13.6 Å². The van der Waals surface area contributed by atoms with Crippen molar-refractivity contribution in [3.05, 3.63) is 52.9 Å². The Labute approximate surface area is 139 Å². The van der Waals surface area contributed by atoms with E-state index >= 15 is 0 Å². The third-order valence-corrected chi connectivity index (χ3v) is 3.81. The van der Waals surface area contributed by atoms with E-state index in [4.69, 9.17) is 10.5 Å². The summed E-state index contributed by atoms with van der Waals surface area (Å²) in [6.07, 6.45) is 3.10. The van der Waals surface area contributed by atoms with E-state index in [1.807, 2.05) is 0 Å². The molecule has 0 atom stereocenters. The minimum Gasteiger partial charge on any atom is -0.468 e. The van der Waals surface area contributed by atoms with Crippen LogP contribution in [-0.4, -0.2) is 40.1 Å². The molecule has 0 amide bonds. The predicted octanol–water partition coefficient (Wildman–Crippen LogP) is 0.811. The van der Waals surface area contributed by atoms with Crippen molar-refractivity contribution < 1.29 is 18.3 Å². The molecule has 7 nitrogen and oxygen atoms in total. The normalized spacial score (nSPS) is 14.8. The van der Waals surface area contributed by atoms with Gasteiger partial charge in [0.15, 0.2) is 5.82 Å². The number of methoxy groups -OCH3 is 1. The summed E-state index contributed by atoms with van der Waals surface area (Å²) in [4.78, 5) is 23.3. The zero-order chi connectivity index (χ0) is 17.7. The number of hydrogen-bond donors (Lipinski definition) is 2. The third kappa shape index (κ3) is 2.18. The number of imidazole rings is 1. The summed E-state index contributed by atoms with van der Waals surface area (Å²) >= 11 is 0. The molecule has 0 aliphatic carbocycles. The van der Waals surface area contributed by atoms with Crippen molar-refractivity contribution >= 4 is 28.7 Å². The number of nitrogens with zero attached hydrogens (tertiary/aromatic N) is 3. The molecule has 0 fully saturated rings. The number of ether oxygens (including phenoxy) is 1. The number of carbonyl (C=O) groups excluding carboxylic acids is 1. The Balaban J connectivity index is 1.66. The largest absolute Gasteiger partial charge is 0.468 e. The van der Waals surface area contributed by atoms with Crippen LogP contribution in [0.2, 0.25) is 0 Å². The summed E-state index contributed by atoms with van der Waals surface area (Å²) in [5, 5.41) is 0. The number of halogens is 2. The molecule has 1 aromatic carbocycles. The molecule has 3 heterocycles. The number of nitrogens with one attached hydrogen (secondary N) is 1. The molecule has 2 aliphatic heterocycles. The van der Waals surface area contributed by atoms with Crippen molar-refractivity contribution in [2.24, 2.45) is 4.99 Å². The van der Waals surface area contributed by atoms with Crippen molar-refractivity contribution in [2.75, 3.05) is 12.8 Å². The summed E-state index contributed by atoms with van der Waals surface area (Å²) in [7, 11) is 1.46. The number of anilines is 1. The second-order valence-electron chi connectivity index (χ2n) is 5.30. The lowest BCUT2D eigenvalue weighted by molar-refractivity contribution is 0.105. The van der Waals surface area contributed by atoms with Gasteiger partial charge in [-0.3, -0.25) is 4.79 Å². The summed E-state index contributed by atoms with van der Waals surface area (Å²) in [5.41, 5.74) is 5.77. The molecule has 0 saturated carbocycles. The number of nitrogens with two attached hydrogens (primary N) is 1. The van der Waals surface area contributed by atoms with E-state index in [-0.39, 0.29) is 11.4 Å². The van der Waals surface area contributed by atoms with Crippen LogP contribution in [0.25, 0.3) is 0 Å². The van der Waals surface area contributed by atoms with Gasteiger partial charge in [0.2, 0.25) is 11.5 Å². The first-order valence-electron chi connectivity index (χ1n) is 7.14. The lowest BCUT2D eigenvalue weighted by Crippen LogP contribution is -2.31. The van der Waals surface area contributed by atoms with Crippen LogP contribution in [-0.2, 0) is 0 Å². The monoisotopic (exact) mass is 342 g/mol. The highest BCUT2D eigenvalue weighted by atomic mass is 19.1. The van der Waals surface area contributed by atoms with Gasteiger partial charge in [0.25, 0.3) is 11.7 Å². The molecule has 0 saturated heterocycles. The Bertz CT molecular complexity index is 1070. The topological polar surface area (TPSA) is 107 Å². The predicted molar refractivity (Wildman–Crippen MR) is 87.0 cm³/mol. The van der Waals surface area contributed by atoms with E-state index < -0.39 is 23.0 Å². The number of aromatic nitrogens is 2. The Kier molecular flexibility index (Phi) is 3.13. The van der Waals surface area contributed by atoms with Gasteiger partial charge in [0.1, 0.15) is 22.6 Å². The van der Waals surface area contributed by atoms with Crippen LogP contribution in [0.3, 0.4) is 0 Å². The lowest BCUT2D eigenvalue weighted by Gasteiger charge is -2.08. The first-order valence-corrected chi connectivity index (χ1v) is 7.14. The maximum atomic E-state index is 14.0. The number of benzene rings is 1. The number of rotatable bonds is 4. The molecule has 2 aliphatic rings. The molecule has 25 heavy (non-hydrogen) atoms. The number of ketones is 1. The maximum Gasteiger partial charge on any atom is 0.428 e. The Morgan fingerprint density at radius 2 is 2.16 bits per heavy atom. The molecular weight excluding hydrogens is 332 g/mol. The molecular formula is C16H10F2N5O2+. The highest BCUT2D eigenvalue weighted by Crippen LogP contribution is 2.25. The van der Waals surface area contributed by atoms with Crippen molar-refractivity contribution in [3.8, 4) is 6.01 Å². The second-order valence-corrected chi connectivity index (χ2v) is 5.30. The molecule has 2 aromatic rings. The number of amidine groups is 1. The molecule has 0 spiro atoms. The van der Waals surface area contributed by atoms with Crippen molar-refractivity contribution in [2.45, 2.75) is 0 Å². The number of carbonyl (C=O) groups is 1. The fourth-order valence-electron chi connectivity index (χ4n) is 2.52. The zero-order valence-corrected chi connectivity index (χ0v) is 12.8. The Morgan fingerprint density at radius 3 is 2.88 bits per heavy atom. The number of allylic oxidation sites excluding steroid dienone is 1. The number of fused-ring (bicyclic) bond motifs is 1. The van der Waals surface area contributed by atoms with Crippen LogP contribution in [0.1, 0.15) is 16.1 Å². The molecule has 0 radical (unpaired) electrons. The van der Waals surface area contributed by atoms with Gasteiger partial charge in [-0.25, -0.2) is 13.8 Å². The number of nitrogen functional groups attached to an aromatic ring is 1. The highest BCUT2D eigenvalue weighted by molar-refractivity contribution is 6.64. The van der Waals surface area contributed by atoms with Crippen LogP contribution in [0.4, 0.5) is 14.5 Å². The molecule has 1 aromatic heterocycles. The summed E-state index contributed by atoms with van der Waals surface area (Å²) in [6, 6.07) is 2.31. The minimum atomic E-state index is -1.10. The highest BCUT2D eigenvalue weighted by Gasteiger charge is 2.46. The Hall–Kier alpha value is -3.58. The third-order valence-electron chi connectivity index (χ3n) is 3.81. The van der Waals surface area contributed by atoms with Gasteiger partial charge in [0, 0.05) is 6.08 Å².